The van der Waals surface area contributed by atoms with E-state index in [0.29, 0.717) is 30.9 Å². The van der Waals surface area contributed by atoms with Crippen molar-refractivity contribution in [3.8, 4) is 5.75 Å². The van der Waals surface area contributed by atoms with Crippen molar-refractivity contribution in [2.45, 2.75) is 31.7 Å². The van der Waals surface area contributed by atoms with Gasteiger partial charge in [-0.05, 0) is 54.0 Å². The van der Waals surface area contributed by atoms with Crippen LogP contribution in [0.3, 0.4) is 0 Å². The molecule has 4 heterocycles. The van der Waals surface area contributed by atoms with Crippen molar-refractivity contribution >= 4 is 28.9 Å². The maximum atomic E-state index is 13.2. The van der Waals surface area contributed by atoms with E-state index in [1.54, 1.807) is 29.3 Å². The maximum absolute atomic E-state index is 13.2. The summed E-state index contributed by atoms with van der Waals surface area (Å²) in [6, 6.07) is 10.3. The molecule has 1 saturated heterocycles. The smallest absolute Gasteiger partial charge is 0.372 e. The normalized spacial score (nSPS) is 18.1. The summed E-state index contributed by atoms with van der Waals surface area (Å²) < 4.78 is 6.98. The van der Waals surface area contributed by atoms with Crippen LogP contribution in [0.5, 0.6) is 5.75 Å². The predicted molar refractivity (Wildman–Crippen MR) is 111 cm³/mol. The molecule has 0 saturated carbocycles. The molecule has 2 aliphatic rings. The number of amides is 1. The molecule has 1 N–H and O–H groups in total. The monoisotopic (exact) mass is 407 g/mol. The number of fused-ring (bicyclic) bond motifs is 2. The van der Waals surface area contributed by atoms with E-state index < -0.39 is 11.0 Å². The van der Waals surface area contributed by atoms with Crippen LogP contribution in [0.15, 0.2) is 42.6 Å². The summed E-state index contributed by atoms with van der Waals surface area (Å²) in [5, 5.41) is 14.8. The first-order chi connectivity index (χ1) is 14.6. The number of carbonyl (C=O) groups is 1. The highest BCUT2D eigenvalue weighted by atomic mass is 16.6. The molecule has 5 rings (SSSR count). The molecule has 0 spiro atoms. The van der Waals surface area contributed by atoms with E-state index in [1.165, 1.54) is 4.40 Å². The molecule has 9 heteroatoms. The summed E-state index contributed by atoms with van der Waals surface area (Å²) >= 11 is 0. The fourth-order valence-corrected chi connectivity index (χ4v) is 4.28. The lowest BCUT2D eigenvalue weighted by Crippen LogP contribution is -2.47. The molecule has 30 heavy (non-hydrogen) atoms. The zero-order chi connectivity index (χ0) is 20.7. The van der Waals surface area contributed by atoms with E-state index in [2.05, 4.69) is 10.3 Å². The fraction of sp³-hybridized carbons (Fsp3) is 0.333. The number of anilines is 2. The summed E-state index contributed by atoms with van der Waals surface area (Å²) in [5.41, 5.74) is 2.27. The van der Waals surface area contributed by atoms with Crippen molar-refractivity contribution in [1.29, 1.82) is 0 Å². The van der Waals surface area contributed by atoms with Gasteiger partial charge in [-0.25, -0.2) is 0 Å². The van der Waals surface area contributed by atoms with Gasteiger partial charge in [0, 0.05) is 24.7 Å². The number of hydrogen-bond acceptors (Lipinski definition) is 6. The number of pyridine rings is 1. The highest BCUT2D eigenvalue weighted by molar-refractivity contribution is 5.97. The zero-order valence-corrected chi connectivity index (χ0v) is 16.3. The molecular weight excluding hydrogens is 386 g/mol. The van der Waals surface area contributed by atoms with Crippen molar-refractivity contribution in [3.63, 3.8) is 0 Å². The lowest BCUT2D eigenvalue weighted by Gasteiger charge is -2.34. The lowest BCUT2D eigenvalue weighted by molar-refractivity contribution is -0.389. The number of imidazole rings is 1. The van der Waals surface area contributed by atoms with Crippen LogP contribution in [0.25, 0.3) is 5.65 Å². The van der Waals surface area contributed by atoms with Gasteiger partial charge in [-0.2, -0.15) is 9.38 Å². The van der Waals surface area contributed by atoms with E-state index in [-0.39, 0.29) is 17.5 Å². The van der Waals surface area contributed by atoms with E-state index in [1.807, 2.05) is 18.2 Å². The Labute approximate surface area is 172 Å². The van der Waals surface area contributed by atoms with Crippen molar-refractivity contribution in [2.75, 3.05) is 23.4 Å². The van der Waals surface area contributed by atoms with Gasteiger partial charge in [0.1, 0.15) is 11.8 Å². The first-order valence-electron chi connectivity index (χ1n) is 10.1. The minimum Gasteiger partial charge on any atom is -0.493 e. The second kappa shape index (κ2) is 7.33. The number of hydrogen-bond donors (Lipinski definition) is 1. The van der Waals surface area contributed by atoms with Crippen molar-refractivity contribution in [2.24, 2.45) is 0 Å². The Bertz CT molecular complexity index is 1140. The summed E-state index contributed by atoms with van der Waals surface area (Å²) in [6.07, 6.45) is 4.79. The first kappa shape index (κ1) is 18.4. The molecule has 2 aromatic heterocycles. The third-order valence-corrected chi connectivity index (χ3v) is 5.69. The van der Waals surface area contributed by atoms with Crippen LogP contribution in [0.2, 0.25) is 0 Å². The van der Waals surface area contributed by atoms with Crippen LogP contribution in [0.1, 0.15) is 24.8 Å². The Morgan fingerprint density at radius 1 is 1.27 bits per heavy atom. The van der Waals surface area contributed by atoms with Gasteiger partial charge in [0.15, 0.2) is 0 Å². The Balaban J connectivity index is 1.46. The predicted octanol–water partition coefficient (Wildman–Crippen LogP) is 3.18. The van der Waals surface area contributed by atoms with Gasteiger partial charge in [-0.3, -0.25) is 4.79 Å². The molecule has 1 atom stereocenters. The molecule has 0 aliphatic carbocycles. The van der Waals surface area contributed by atoms with E-state index in [4.69, 9.17) is 4.74 Å². The number of aromatic nitrogens is 2. The number of benzene rings is 1. The Hall–Kier alpha value is -3.62. The van der Waals surface area contributed by atoms with Gasteiger partial charge in [0.05, 0.1) is 12.8 Å². The van der Waals surface area contributed by atoms with Crippen LogP contribution in [0, 0.1) is 10.1 Å². The fourth-order valence-electron chi connectivity index (χ4n) is 4.28. The molecule has 0 radical (unpaired) electrons. The van der Waals surface area contributed by atoms with Crippen LogP contribution in [-0.2, 0) is 11.2 Å². The molecule has 3 aromatic rings. The number of nitro groups is 1. The van der Waals surface area contributed by atoms with Gasteiger partial charge in [0.25, 0.3) is 0 Å². The topological polar surface area (TPSA) is 102 Å². The number of nitrogens with one attached hydrogen (secondary N) is 1. The van der Waals surface area contributed by atoms with Gasteiger partial charge < -0.3 is 25.1 Å². The first-order valence-corrected chi connectivity index (χ1v) is 10.1. The number of carbonyl (C=O) groups excluding carboxylic acids is 1. The minimum atomic E-state index is -0.521. The summed E-state index contributed by atoms with van der Waals surface area (Å²) in [4.78, 5) is 30.8. The molecule has 1 fully saturated rings. The standard InChI is InChI=1S/C21H21N5O4/c27-20(22-15-7-8-17-14(13-15)9-12-30-17)16-5-1-3-10-24(16)19-21(26(28)29)25-11-4-2-6-18(25)23-19/h2,4,6-8,11,13,16H,1,3,5,9-10,12H2,(H,22,27). The van der Waals surface area contributed by atoms with E-state index in [9.17, 15) is 14.9 Å². The van der Waals surface area contributed by atoms with Crippen LogP contribution in [-0.4, -0.2) is 39.4 Å². The van der Waals surface area contributed by atoms with Crippen molar-refractivity contribution in [1.82, 2.24) is 9.38 Å². The molecule has 1 amide bonds. The molecule has 9 nitrogen and oxygen atoms in total. The lowest BCUT2D eigenvalue weighted by atomic mass is 10.0. The highest BCUT2D eigenvalue weighted by Crippen LogP contribution is 2.34. The molecule has 0 bridgehead atoms. The molecule has 2 aliphatic heterocycles. The number of ether oxygens (including phenoxy) is 1. The van der Waals surface area contributed by atoms with Gasteiger partial charge in [0.2, 0.25) is 17.4 Å². The molecular formula is C21H21N5O4. The Morgan fingerprint density at radius 2 is 2.17 bits per heavy atom. The molecule has 154 valence electrons. The van der Waals surface area contributed by atoms with Crippen molar-refractivity contribution < 1.29 is 14.5 Å². The largest absolute Gasteiger partial charge is 0.493 e. The number of nitrogens with zero attached hydrogens (tertiary/aromatic N) is 4. The van der Waals surface area contributed by atoms with Crippen molar-refractivity contribution in [3.05, 3.63) is 58.3 Å². The SMILES string of the molecule is O=C(Nc1ccc2c(c1)CCO2)C1CCCCN1c1nc2ccccn2c1[N+](=O)[O-]. The van der Waals surface area contributed by atoms with E-state index >= 15 is 0 Å². The van der Waals surface area contributed by atoms with Gasteiger partial charge >= 0.3 is 5.82 Å². The number of rotatable bonds is 4. The Kier molecular flexibility index (Phi) is 4.50. The second-order valence-electron chi connectivity index (χ2n) is 7.56. The summed E-state index contributed by atoms with van der Waals surface area (Å²) in [5.74, 6) is 0.806. The van der Waals surface area contributed by atoms with Crippen LogP contribution in [0.4, 0.5) is 17.3 Å². The molecule has 1 unspecified atom stereocenters. The van der Waals surface area contributed by atoms with Gasteiger partial charge in [-0.15, -0.1) is 0 Å². The highest BCUT2D eigenvalue weighted by Gasteiger charge is 2.36. The average molecular weight is 407 g/mol. The Morgan fingerprint density at radius 3 is 3.03 bits per heavy atom. The minimum absolute atomic E-state index is 0.111. The summed E-state index contributed by atoms with van der Waals surface area (Å²) in [6.45, 7) is 1.20. The summed E-state index contributed by atoms with van der Waals surface area (Å²) in [7, 11) is 0. The molecule has 1 aromatic carbocycles. The van der Waals surface area contributed by atoms with Gasteiger partial charge in [-0.1, -0.05) is 6.07 Å². The third-order valence-electron chi connectivity index (χ3n) is 5.69. The van der Waals surface area contributed by atoms with Crippen LogP contribution < -0.4 is 15.0 Å². The zero-order valence-electron chi connectivity index (χ0n) is 16.3. The second-order valence-corrected chi connectivity index (χ2v) is 7.56. The third kappa shape index (κ3) is 3.12. The van der Waals surface area contributed by atoms with E-state index in [0.717, 1.165) is 30.6 Å². The van der Waals surface area contributed by atoms with Crippen LogP contribution >= 0.6 is 0 Å². The average Bonchev–Trinajstić information content (AvgIpc) is 3.37. The number of piperidine rings is 1. The quantitative estimate of drug-likeness (QED) is 0.526. The maximum Gasteiger partial charge on any atom is 0.372 e.